The summed E-state index contributed by atoms with van der Waals surface area (Å²) in [4.78, 5) is 1.16. The van der Waals surface area contributed by atoms with E-state index in [1.807, 2.05) is 7.05 Å². The molecule has 2 aromatic rings. The maximum atomic E-state index is 12.4. The van der Waals surface area contributed by atoms with Crippen molar-refractivity contribution in [2.24, 2.45) is 0 Å². The van der Waals surface area contributed by atoms with E-state index in [4.69, 9.17) is 11.6 Å². The van der Waals surface area contributed by atoms with Gasteiger partial charge in [0.2, 0.25) is 0 Å². The van der Waals surface area contributed by atoms with Crippen molar-refractivity contribution in [3.05, 3.63) is 42.4 Å². The van der Waals surface area contributed by atoms with E-state index in [2.05, 4.69) is 41.9 Å². The number of benzene rings is 1. The predicted octanol–water partition coefficient (Wildman–Crippen LogP) is 4.45. The van der Waals surface area contributed by atoms with E-state index in [1.165, 1.54) is 11.3 Å². The normalized spacial score (nSPS) is 11.6. The zero-order valence-electron chi connectivity index (χ0n) is 10.8. The van der Waals surface area contributed by atoms with Crippen LogP contribution >= 0.6 is 54.8 Å². The molecule has 114 valence electrons. The zero-order valence-corrected chi connectivity index (χ0v) is 16.3. The molecule has 0 aliphatic heterocycles. The first-order valence-electron chi connectivity index (χ1n) is 5.74. The molecule has 0 aliphatic carbocycles. The van der Waals surface area contributed by atoms with Gasteiger partial charge in [-0.2, -0.15) is 0 Å². The third-order valence-corrected chi connectivity index (χ3v) is 7.37. The highest BCUT2D eigenvalue weighted by molar-refractivity contribution is 9.11. The summed E-state index contributed by atoms with van der Waals surface area (Å²) >= 11 is 13.9. The molecule has 4 nitrogen and oxygen atoms in total. The van der Waals surface area contributed by atoms with Crippen molar-refractivity contribution in [2.45, 2.75) is 11.4 Å². The van der Waals surface area contributed by atoms with Crippen molar-refractivity contribution in [1.29, 1.82) is 0 Å². The molecule has 0 bridgehead atoms. The fraction of sp³-hybridized carbons (Fsp3) is 0.167. The summed E-state index contributed by atoms with van der Waals surface area (Å²) in [6.45, 7) is 0.616. The first-order chi connectivity index (χ1) is 9.83. The van der Waals surface area contributed by atoms with Gasteiger partial charge in [0, 0.05) is 15.9 Å². The molecule has 2 N–H and O–H groups in total. The highest BCUT2D eigenvalue weighted by Crippen LogP contribution is 2.33. The molecule has 0 saturated heterocycles. The van der Waals surface area contributed by atoms with Crippen molar-refractivity contribution < 1.29 is 8.42 Å². The van der Waals surface area contributed by atoms with Crippen molar-refractivity contribution in [1.82, 2.24) is 5.32 Å². The highest BCUT2D eigenvalue weighted by Gasteiger charge is 2.21. The van der Waals surface area contributed by atoms with Crippen LogP contribution in [0.3, 0.4) is 0 Å². The Morgan fingerprint density at radius 2 is 2.00 bits per heavy atom. The predicted molar refractivity (Wildman–Crippen MR) is 94.7 cm³/mol. The molecule has 0 fully saturated rings. The summed E-state index contributed by atoms with van der Waals surface area (Å²) in [5.74, 6) is 0. The van der Waals surface area contributed by atoms with Gasteiger partial charge >= 0.3 is 0 Å². The van der Waals surface area contributed by atoms with Crippen LogP contribution in [0.4, 0.5) is 5.69 Å². The Hall–Kier alpha value is -0.120. The minimum absolute atomic E-state index is 0.226. The molecule has 0 atom stereocenters. The Morgan fingerprint density at radius 3 is 2.62 bits per heavy atom. The number of anilines is 1. The number of thiophene rings is 1. The molecule has 1 heterocycles. The molecule has 0 amide bonds. The molecule has 2 rings (SSSR count). The second kappa shape index (κ2) is 6.97. The molecule has 21 heavy (non-hydrogen) atoms. The van der Waals surface area contributed by atoms with Gasteiger partial charge in [0.15, 0.2) is 0 Å². The molecule has 9 heteroatoms. The van der Waals surface area contributed by atoms with Gasteiger partial charge in [0.05, 0.1) is 14.5 Å². The summed E-state index contributed by atoms with van der Waals surface area (Å²) in [7, 11) is -1.84. The maximum Gasteiger partial charge on any atom is 0.263 e. The Labute approximate surface area is 149 Å². The molecule has 0 aliphatic rings. The van der Waals surface area contributed by atoms with Crippen LogP contribution in [0.2, 0.25) is 5.02 Å². The van der Waals surface area contributed by atoms with Crippen LogP contribution in [0.25, 0.3) is 0 Å². The van der Waals surface area contributed by atoms with Gasteiger partial charge in [0.25, 0.3) is 10.0 Å². The fourth-order valence-electron chi connectivity index (χ4n) is 1.61. The number of halogens is 3. The van der Waals surface area contributed by atoms with Crippen LogP contribution in [0.1, 0.15) is 4.88 Å². The standard InChI is InChI=1S/C12H11Br2ClN2O2S2/c1-16-6-8-5-11(12(14)20-8)21(18,19)17-7-2-3-10(15)9(13)4-7/h2-5,16-17H,6H2,1H3. The van der Waals surface area contributed by atoms with Crippen LogP contribution < -0.4 is 10.0 Å². The van der Waals surface area contributed by atoms with Crippen molar-refractivity contribution >= 4 is 70.5 Å². The molecule has 1 aromatic heterocycles. The molecule has 0 unspecified atom stereocenters. The lowest BCUT2D eigenvalue weighted by Crippen LogP contribution is -2.12. The fourth-order valence-corrected chi connectivity index (χ4v) is 5.85. The molecule has 0 spiro atoms. The quantitative estimate of drug-likeness (QED) is 0.673. The van der Waals surface area contributed by atoms with E-state index in [0.717, 1.165) is 4.88 Å². The van der Waals surface area contributed by atoms with Gasteiger partial charge in [-0.05, 0) is 63.2 Å². The summed E-state index contributed by atoms with van der Waals surface area (Å²) in [6.07, 6.45) is 0. The molecule has 0 saturated carbocycles. The zero-order chi connectivity index (χ0) is 15.6. The van der Waals surface area contributed by atoms with Gasteiger partial charge in [0.1, 0.15) is 4.90 Å². The number of hydrogen-bond donors (Lipinski definition) is 2. The minimum Gasteiger partial charge on any atom is -0.315 e. The second-order valence-corrected chi connectivity index (χ2v) is 9.48. The van der Waals surface area contributed by atoms with Crippen LogP contribution in [0.5, 0.6) is 0 Å². The third kappa shape index (κ3) is 4.20. The first kappa shape index (κ1) is 17.2. The molecular formula is C12H11Br2ClN2O2S2. The SMILES string of the molecule is CNCc1cc(S(=O)(=O)Nc2ccc(Cl)c(Br)c2)c(Br)s1. The molecule has 0 radical (unpaired) electrons. The molecular weight excluding hydrogens is 464 g/mol. The van der Waals surface area contributed by atoms with Gasteiger partial charge < -0.3 is 5.32 Å². The minimum atomic E-state index is -3.65. The van der Waals surface area contributed by atoms with Crippen molar-refractivity contribution in [2.75, 3.05) is 11.8 Å². The monoisotopic (exact) mass is 472 g/mol. The third-order valence-electron chi connectivity index (χ3n) is 2.52. The van der Waals surface area contributed by atoms with Gasteiger partial charge in [-0.15, -0.1) is 11.3 Å². The van der Waals surface area contributed by atoms with E-state index < -0.39 is 10.0 Å². The number of nitrogens with one attached hydrogen (secondary N) is 2. The lowest BCUT2D eigenvalue weighted by Gasteiger charge is -2.08. The van der Waals surface area contributed by atoms with Crippen LogP contribution in [-0.2, 0) is 16.6 Å². The lowest BCUT2D eigenvalue weighted by molar-refractivity contribution is 0.601. The summed E-state index contributed by atoms with van der Waals surface area (Å²) in [6, 6.07) is 6.51. The second-order valence-electron chi connectivity index (χ2n) is 4.12. The van der Waals surface area contributed by atoms with E-state index in [-0.39, 0.29) is 4.90 Å². The van der Waals surface area contributed by atoms with E-state index >= 15 is 0 Å². The van der Waals surface area contributed by atoms with Crippen LogP contribution in [-0.4, -0.2) is 15.5 Å². The lowest BCUT2D eigenvalue weighted by atomic mass is 10.3. The van der Waals surface area contributed by atoms with E-state index in [0.29, 0.717) is 25.5 Å². The summed E-state index contributed by atoms with van der Waals surface area (Å²) in [5.41, 5.74) is 0.444. The number of hydrogen-bond acceptors (Lipinski definition) is 4. The maximum absolute atomic E-state index is 12.4. The van der Waals surface area contributed by atoms with Gasteiger partial charge in [-0.25, -0.2) is 8.42 Å². The van der Waals surface area contributed by atoms with Crippen LogP contribution in [0, 0.1) is 0 Å². The average Bonchev–Trinajstić information content (AvgIpc) is 2.76. The number of sulfonamides is 1. The Balaban J connectivity index is 2.31. The summed E-state index contributed by atoms with van der Waals surface area (Å²) < 4.78 is 28.6. The van der Waals surface area contributed by atoms with Gasteiger partial charge in [-0.1, -0.05) is 11.6 Å². The smallest absolute Gasteiger partial charge is 0.263 e. The topological polar surface area (TPSA) is 58.2 Å². The summed E-state index contributed by atoms with van der Waals surface area (Å²) in [5, 5.41) is 3.51. The Morgan fingerprint density at radius 1 is 1.29 bits per heavy atom. The van der Waals surface area contributed by atoms with Gasteiger partial charge in [-0.3, -0.25) is 4.72 Å². The number of rotatable bonds is 5. The average molecular weight is 475 g/mol. The Bertz CT molecular complexity index is 763. The molecule has 1 aromatic carbocycles. The Kier molecular flexibility index (Phi) is 5.72. The van der Waals surface area contributed by atoms with E-state index in [9.17, 15) is 8.42 Å². The van der Waals surface area contributed by atoms with Crippen molar-refractivity contribution in [3.63, 3.8) is 0 Å². The highest BCUT2D eigenvalue weighted by atomic mass is 79.9. The largest absolute Gasteiger partial charge is 0.315 e. The van der Waals surface area contributed by atoms with E-state index in [1.54, 1.807) is 24.3 Å². The first-order valence-corrected chi connectivity index (χ1v) is 10.0. The van der Waals surface area contributed by atoms with Crippen molar-refractivity contribution in [3.8, 4) is 0 Å². The van der Waals surface area contributed by atoms with Crippen LogP contribution in [0.15, 0.2) is 37.4 Å².